The molecule has 0 saturated carbocycles. The van der Waals surface area contributed by atoms with Crippen LogP contribution in [0.15, 0.2) is 29.2 Å². The van der Waals surface area contributed by atoms with Crippen molar-refractivity contribution >= 4 is 21.8 Å². The molecule has 2 rings (SSSR count). The Morgan fingerprint density at radius 1 is 1.08 bits per heavy atom. The minimum Gasteiger partial charge on any atom is -0.345 e. The summed E-state index contributed by atoms with van der Waals surface area (Å²) in [7, 11) is -3.46. The first-order chi connectivity index (χ1) is 12.3. The Hall–Kier alpha value is -1.93. The number of carbonyl (C=O) groups is 2. The molecule has 0 aromatic heterocycles. The van der Waals surface area contributed by atoms with Crippen LogP contribution in [0.2, 0.25) is 0 Å². The van der Waals surface area contributed by atoms with Crippen LogP contribution in [-0.2, 0) is 26.2 Å². The first-order valence-corrected chi connectivity index (χ1v) is 10.5. The van der Waals surface area contributed by atoms with Gasteiger partial charge in [0.05, 0.1) is 4.90 Å². The highest BCUT2D eigenvalue weighted by atomic mass is 32.2. The largest absolute Gasteiger partial charge is 0.345 e. The second-order valence-electron chi connectivity index (χ2n) is 6.57. The van der Waals surface area contributed by atoms with Gasteiger partial charge < -0.3 is 10.6 Å². The summed E-state index contributed by atoms with van der Waals surface area (Å²) in [6.45, 7) is 5.03. The van der Waals surface area contributed by atoms with E-state index < -0.39 is 21.8 Å². The SMILES string of the molecule is CC[C@@H](C)NC(=O)C(=O)NCc1ccc(S(=O)(=O)N2CCCCC2)cc1. The van der Waals surface area contributed by atoms with E-state index >= 15 is 0 Å². The van der Waals surface area contributed by atoms with Crippen LogP contribution >= 0.6 is 0 Å². The van der Waals surface area contributed by atoms with Crippen LogP contribution in [0.25, 0.3) is 0 Å². The molecule has 1 aliphatic heterocycles. The van der Waals surface area contributed by atoms with Crippen LogP contribution in [0.1, 0.15) is 45.1 Å². The average Bonchev–Trinajstić information content (AvgIpc) is 2.66. The summed E-state index contributed by atoms with van der Waals surface area (Å²) in [5.74, 6) is -1.36. The molecule has 1 aromatic carbocycles. The van der Waals surface area contributed by atoms with E-state index in [0.717, 1.165) is 31.2 Å². The molecular weight excluding hydrogens is 354 g/mol. The maximum atomic E-state index is 12.6. The molecule has 1 aromatic rings. The number of nitrogens with one attached hydrogen (secondary N) is 2. The van der Waals surface area contributed by atoms with Crippen LogP contribution in [0, 0.1) is 0 Å². The predicted octanol–water partition coefficient (Wildman–Crippen LogP) is 1.39. The van der Waals surface area contributed by atoms with Gasteiger partial charge in [-0.2, -0.15) is 4.31 Å². The standard InChI is InChI=1S/C18H27N3O4S/c1-3-14(2)20-18(23)17(22)19-13-15-7-9-16(10-8-15)26(24,25)21-11-5-4-6-12-21/h7-10,14H,3-6,11-13H2,1-2H3,(H,19,22)(H,20,23)/t14-/m1/s1. The van der Waals surface area contributed by atoms with Crippen LogP contribution in [-0.4, -0.2) is 43.7 Å². The Morgan fingerprint density at radius 2 is 1.69 bits per heavy atom. The first-order valence-electron chi connectivity index (χ1n) is 9.02. The minimum atomic E-state index is -3.46. The zero-order valence-corrected chi connectivity index (χ0v) is 16.1. The summed E-state index contributed by atoms with van der Waals surface area (Å²) >= 11 is 0. The van der Waals surface area contributed by atoms with E-state index in [4.69, 9.17) is 0 Å². The normalized spacial score (nSPS) is 16.7. The number of hydrogen-bond acceptors (Lipinski definition) is 4. The molecule has 0 spiro atoms. The highest BCUT2D eigenvalue weighted by Gasteiger charge is 2.25. The van der Waals surface area contributed by atoms with E-state index in [-0.39, 0.29) is 17.5 Å². The van der Waals surface area contributed by atoms with Crippen molar-refractivity contribution in [1.29, 1.82) is 0 Å². The number of hydrogen-bond donors (Lipinski definition) is 2. The Balaban J connectivity index is 1.93. The number of benzene rings is 1. The number of nitrogens with zero attached hydrogens (tertiary/aromatic N) is 1. The molecule has 1 aliphatic rings. The third-order valence-electron chi connectivity index (χ3n) is 4.53. The highest BCUT2D eigenvalue weighted by Crippen LogP contribution is 2.20. The molecule has 0 bridgehead atoms. The van der Waals surface area contributed by atoms with E-state index in [2.05, 4.69) is 10.6 Å². The van der Waals surface area contributed by atoms with E-state index in [1.807, 2.05) is 13.8 Å². The monoisotopic (exact) mass is 381 g/mol. The molecule has 2 amide bonds. The lowest BCUT2D eigenvalue weighted by molar-refractivity contribution is -0.139. The quantitative estimate of drug-likeness (QED) is 0.728. The summed E-state index contributed by atoms with van der Waals surface area (Å²) < 4.78 is 26.7. The number of carbonyl (C=O) groups excluding carboxylic acids is 2. The van der Waals surface area contributed by atoms with E-state index in [9.17, 15) is 18.0 Å². The average molecular weight is 381 g/mol. The smallest absolute Gasteiger partial charge is 0.309 e. The lowest BCUT2D eigenvalue weighted by Gasteiger charge is -2.25. The number of piperidine rings is 1. The van der Waals surface area contributed by atoms with Crippen molar-refractivity contribution in [3.8, 4) is 0 Å². The van der Waals surface area contributed by atoms with Gasteiger partial charge in [0.15, 0.2) is 0 Å². The highest BCUT2D eigenvalue weighted by molar-refractivity contribution is 7.89. The molecule has 0 aliphatic carbocycles. The molecule has 1 fully saturated rings. The van der Waals surface area contributed by atoms with Gasteiger partial charge in [-0.1, -0.05) is 25.5 Å². The summed E-state index contributed by atoms with van der Waals surface area (Å²) in [4.78, 5) is 23.7. The van der Waals surface area contributed by atoms with Crippen molar-refractivity contribution < 1.29 is 18.0 Å². The third kappa shape index (κ3) is 5.28. The molecule has 144 valence electrons. The minimum absolute atomic E-state index is 0.0625. The first kappa shape index (κ1) is 20.4. The second-order valence-corrected chi connectivity index (χ2v) is 8.51. The predicted molar refractivity (Wildman–Crippen MR) is 98.8 cm³/mol. The Kier molecular flexibility index (Phi) is 7.16. The molecule has 0 radical (unpaired) electrons. The zero-order valence-electron chi connectivity index (χ0n) is 15.3. The van der Waals surface area contributed by atoms with Gasteiger partial charge in [0, 0.05) is 25.7 Å². The van der Waals surface area contributed by atoms with Gasteiger partial charge in [0.25, 0.3) is 0 Å². The lowest BCUT2D eigenvalue weighted by atomic mass is 10.2. The Labute approximate surface area is 155 Å². The Morgan fingerprint density at radius 3 is 2.27 bits per heavy atom. The fraction of sp³-hybridized carbons (Fsp3) is 0.556. The summed E-state index contributed by atoms with van der Waals surface area (Å²) in [5, 5.41) is 5.13. The van der Waals surface area contributed by atoms with Gasteiger partial charge in [0.2, 0.25) is 10.0 Å². The number of amides is 2. The maximum absolute atomic E-state index is 12.6. The molecule has 1 atom stereocenters. The van der Waals surface area contributed by atoms with Crippen molar-refractivity contribution in [2.75, 3.05) is 13.1 Å². The van der Waals surface area contributed by atoms with Gasteiger partial charge in [-0.15, -0.1) is 0 Å². The van der Waals surface area contributed by atoms with Gasteiger partial charge in [0.1, 0.15) is 0 Å². The third-order valence-corrected chi connectivity index (χ3v) is 6.44. The molecule has 1 saturated heterocycles. The van der Waals surface area contributed by atoms with Crippen molar-refractivity contribution in [2.24, 2.45) is 0 Å². The fourth-order valence-electron chi connectivity index (χ4n) is 2.69. The summed E-state index contributed by atoms with van der Waals surface area (Å²) in [6, 6.07) is 6.34. The number of rotatable bonds is 6. The van der Waals surface area contributed by atoms with Crippen molar-refractivity contribution in [1.82, 2.24) is 14.9 Å². The summed E-state index contributed by atoms with van der Waals surface area (Å²) in [6.07, 6.45) is 3.59. The van der Waals surface area contributed by atoms with Gasteiger partial charge >= 0.3 is 11.8 Å². The second kappa shape index (κ2) is 9.14. The zero-order chi connectivity index (χ0) is 19.2. The Bertz CT molecular complexity index is 725. The van der Waals surface area contributed by atoms with Crippen LogP contribution in [0.4, 0.5) is 0 Å². The molecule has 26 heavy (non-hydrogen) atoms. The van der Waals surface area contributed by atoms with E-state index in [1.54, 1.807) is 24.3 Å². The molecule has 7 nitrogen and oxygen atoms in total. The van der Waals surface area contributed by atoms with Gasteiger partial charge in [-0.25, -0.2) is 8.42 Å². The summed E-state index contributed by atoms with van der Waals surface area (Å²) in [5.41, 5.74) is 0.729. The molecule has 0 unspecified atom stereocenters. The van der Waals surface area contributed by atoms with Crippen LogP contribution < -0.4 is 10.6 Å². The molecular formula is C18H27N3O4S. The van der Waals surface area contributed by atoms with E-state index in [1.165, 1.54) is 4.31 Å². The van der Waals surface area contributed by atoms with E-state index in [0.29, 0.717) is 13.1 Å². The molecule has 8 heteroatoms. The molecule has 1 heterocycles. The fourth-order valence-corrected chi connectivity index (χ4v) is 4.20. The molecule has 2 N–H and O–H groups in total. The van der Waals surface area contributed by atoms with Crippen LogP contribution in [0.3, 0.4) is 0 Å². The topological polar surface area (TPSA) is 95.6 Å². The van der Waals surface area contributed by atoms with Crippen molar-refractivity contribution in [3.05, 3.63) is 29.8 Å². The number of sulfonamides is 1. The van der Waals surface area contributed by atoms with Gasteiger partial charge in [-0.3, -0.25) is 9.59 Å². The van der Waals surface area contributed by atoms with Gasteiger partial charge in [-0.05, 0) is 43.9 Å². The lowest BCUT2D eigenvalue weighted by Crippen LogP contribution is -2.43. The van der Waals surface area contributed by atoms with Crippen molar-refractivity contribution in [2.45, 2.75) is 57.0 Å². The maximum Gasteiger partial charge on any atom is 0.309 e. The van der Waals surface area contributed by atoms with Crippen LogP contribution in [0.5, 0.6) is 0 Å². The van der Waals surface area contributed by atoms with Crippen molar-refractivity contribution in [3.63, 3.8) is 0 Å².